The normalized spacial score (nSPS) is 11.1. The topological polar surface area (TPSA) is 26.3 Å². The van der Waals surface area contributed by atoms with Gasteiger partial charge < -0.3 is 8.83 Å². The van der Waals surface area contributed by atoms with Gasteiger partial charge in [0.15, 0.2) is 0 Å². The SMILES string of the molecule is c1ccc(-c2coc(-c3ccccc3)c2-c2oc(-c3ccccc3)c3ccccc23)cc1. The lowest BCUT2D eigenvalue weighted by Crippen LogP contribution is -1.83. The minimum atomic E-state index is 0.809. The highest BCUT2D eigenvalue weighted by molar-refractivity contribution is 6.07. The molecule has 4 aromatic carbocycles. The summed E-state index contributed by atoms with van der Waals surface area (Å²) in [5, 5.41) is 2.16. The average Bonchev–Trinajstić information content (AvgIpc) is 3.48. The van der Waals surface area contributed by atoms with Gasteiger partial charge in [-0.2, -0.15) is 0 Å². The van der Waals surface area contributed by atoms with Gasteiger partial charge in [0.2, 0.25) is 0 Å². The third-order valence-corrected chi connectivity index (χ3v) is 5.80. The van der Waals surface area contributed by atoms with E-state index >= 15 is 0 Å². The summed E-state index contributed by atoms with van der Waals surface area (Å²) in [6.45, 7) is 0. The Labute approximate surface area is 186 Å². The van der Waals surface area contributed by atoms with Gasteiger partial charge in [-0.1, -0.05) is 115 Å². The Balaban J connectivity index is 1.68. The number of furan rings is 2. The van der Waals surface area contributed by atoms with Gasteiger partial charge in [0.25, 0.3) is 0 Å². The molecule has 6 rings (SSSR count). The number of hydrogen-bond donors (Lipinski definition) is 0. The highest BCUT2D eigenvalue weighted by Crippen LogP contribution is 2.47. The van der Waals surface area contributed by atoms with Crippen LogP contribution in [0.4, 0.5) is 0 Å². The van der Waals surface area contributed by atoms with Crippen molar-refractivity contribution in [2.75, 3.05) is 0 Å². The van der Waals surface area contributed by atoms with Crippen LogP contribution in [0.25, 0.3) is 55.9 Å². The van der Waals surface area contributed by atoms with Gasteiger partial charge in [-0.05, 0) is 5.56 Å². The Morgan fingerprint density at radius 2 is 0.875 bits per heavy atom. The van der Waals surface area contributed by atoms with Crippen molar-refractivity contribution in [2.45, 2.75) is 0 Å². The molecule has 0 saturated carbocycles. The summed E-state index contributed by atoms with van der Waals surface area (Å²) < 4.78 is 12.9. The molecular formula is C30H20O2. The molecule has 2 heterocycles. The summed E-state index contributed by atoms with van der Waals surface area (Å²) in [5.41, 5.74) is 5.16. The second-order valence-electron chi connectivity index (χ2n) is 7.76. The van der Waals surface area contributed by atoms with Crippen molar-refractivity contribution in [1.29, 1.82) is 0 Å². The number of rotatable bonds is 4. The van der Waals surface area contributed by atoms with E-state index in [9.17, 15) is 0 Å². The van der Waals surface area contributed by atoms with Crippen molar-refractivity contribution in [3.8, 4) is 45.1 Å². The standard InChI is InChI=1S/C30H20O2/c1-4-12-21(13-5-1)26-20-31-29(23-16-8-3-9-17-23)27(26)30-25-19-11-10-18-24(25)28(32-30)22-14-6-2-7-15-22/h1-20H. The van der Waals surface area contributed by atoms with Crippen molar-refractivity contribution in [1.82, 2.24) is 0 Å². The first kappa shape index (κ1) is 18.5. The average molecular weight is 412 g/mol. The molecule has 0 saturated heterocycles. The van der Waals surface area contributed by atoms with E-state index in [0.29, 0.717) is 0 Å². The van der Waals surface area contributed by atoms with Gasteiger partial charge in [-0.25, -0.2) is 0 Å². The van der Waals surface area contributed by atoms with Crippen LogP contribution in [-0.4, -0.2) is 0 Å². The van der Waals surface area contributed by atoms with Crippen LogP contribution in [0.15, 0.2) is 130 Å². The molecule has 0 amide bonds. The molecule has 0 atom stereocenters. The predicted octanol–water partition coefficient (Wildman–Crippen LogP) is 8.69. The first-order chi connectivity index (χ1) is 15.9. The van der Waals surface area contributed by atoms with Gasteiger partial charge >= 0.3 is 0 Å². The zero-order chi connectivity index (χ0) is 21.3. The summed E-state index contributed by atoms with van der Waals surface area (Å²) in [5.74, 6) is 2.50. The van der Waals surface area contributed by atoms with Crippen LogP contribution in [0.1, 0.15) is 0 Å². The first-order valence-electron chi connectivity index (χ1n) is 10.7. The molecule has 2 nitrogen and oxygen atoms in total. The number of benzene rings is 4. The van der Waals surface area contributed by atoms with Crippen molar-refractivity contribution in [2.24, 2.45) is 0 Å². The molecule has 0 radical (unpaired) electrons. The molecule has 0 unspecified atom stereocenters. The Morgan fingerprint density at radius 3 is 1.47 bits per heavy atom. The summed E-state index contributed by atoms with van der Waals surface area (Å²) in [7, 11) is 0. The molecule has 0 fully saturated rings. The minimum absolute atomic E-state index is 0.809. The largest absolute Gasteiger partial charge is 0.463 e. The summed E-state index contributed by atoms with van der Waals surface area (Å²) >= 11 is 0. The van der Waals surface area contributed by atoms with Crippen LogP contribution in [-0.2, 0) is 0 Å². The lowest BCUT2D eigenvalue weighted by Gasteiger charge is -2.05. The molecule has 0 aliphatic heterocycles. The van der Waals surface area contributed by atoms with Crippen LogP contribution < -0.4 is 0 Å². The van der Waals surface area contributed by atoms with Crippen LogP contribution in [0.5, 0.6) is 0 Å². The quantitative estimate of drug-likeness (QED) is 0.289. The molecule has 0 aliphatic rings. The molecule has 0 bridgehead atoms. The molecule has 32 heavy (non-hydrogen) atoms. The molecule has 0 N–H and O–H groups in total. The maximum atomic E-state index is 6.66. The van der Waals surface area contributed by atoms with Crippen molar-refractivity contribution >= 4 is 10.8 Å². The molecule has 152 valence electrons. The van der Waals surface area contributed by atoms with E-state index in [1.807, 2.05) is 60.9 Å². The van der Waals surface area contributed by atoms with Crippen molar-refractivity contribution in [3.05, 3.63) is 122 Å². The molecule has 2 aromatic heterocycles. The van der Waals surface area contributed by atoms with Crippen molar-refractivity contribution < 1.29 is 8.83 Å². The number of hydrogen-bond acceptors (Lipinski definition) is 2. The van der Waals surface area contributed by atoms with Gasteiger partial charge in [-0.15, -0.1) is 0 Å². The van der Waals surface area contributed by atoms with Crippen molar-refractivity contribution in [3.63, 3.8) is 0 Å². The van der Waals surface area contributed by atoms with Gasteiger partial charge in [0, 0.05) is 27.5 Å². The Kier molecular flexibility index (Phi) is 4.47. The monoisotopic (exact) mass is 412 g/mol. The zero-order valence-electron chi connectivity index (χ0n) is 17.4. The summed E-state index contributed by atoms with van der Waals surface area (Å²) in [4.78, 5) is 0. The van der Waals surface area contributed by atoms with Crippen LogP contribution >= 0.6 is 0 Å². The molecule has 2 heteroatoms. The van der Waals surface area contributed by atoms with Crippen LogP contribution in [0, 0.1) is 0 Å². The van der Waals surface area contributed by atoms with Crippen LogP contribution in [0.2, 0.25) is 0 Å². The van der Waals surface area contributed by atoms with E-state index < -0.39 is 0 Å². The van der Waals surface area contributed by atoms with Gasteiger partial charge in [0.05, 0.1) is 11.8 Å². The number of fused-ring (bicyclic) bond motifs is 1. The molecule has 0 spiro atoms. The van der Waals surface area contributed by atoms with E-state index in [2.05, 4.69) is 60.7 Å². The lowest BCUT2D eigenvalue weighted by molar-refractivity contribution is 0.577. The van der Waals surface area contributed by atoms with E-state index in [1.54, 1.807) is 0 Å². The fourth-order valence-electron chi connectivity index (χ4n) is 4.30. The second kappa shape index (κ2) is 7.75. The third-order valence-electron chi connectivity index (χ3n) is 5.80. The van der Waals surface area contributed by atoms with Gasteiger partial charge in [-0.3, -0.25) is 0 Å². The maximum Gasteiger partial charge on any atom is 0.147 e. The Morgan fingerprint density at radius 1 is 0.406 bits per heavy atom. The van der Waals surface area contributed by atoms with E-state index in [0.717, 1.165) is 55.9 Å². The molecule has 6 aromatic rings. The molecule has 0 aliphatic carbocycles. The van der Waals surface area contributed by atoms with Crippen LogP contribution in [0.3, 0.4) is 0 Å². The zero-order valence-corrected chi connectivity index (χ0v) is 17.4. The molecular weight excluding hydrogens is 392 g/mol. The third kappa shape index (κ3) is 3.05. The summed E-state index contributed by atoms with van der Waals surface area (Å²) in [6.07, 6.45) is 1.84. The van der Waals surface area contributed by atoms with E-state index in [1.165, 1.54) is 0 Å². The Bertz CT molecular complexity index is 1430. The van der Waals surface area contributed by atoms with E-state index in [-0.39, 0.29) is 0 Å². The fourth-order valence-corrected chi connectivity index (χ4v) is 4.30. The maximum absolute atomic E-state index is 6.66. The van der Waals surface area contributed by atoms with E-state index in [4.69, 9.17) is 8.83 Å². The van der Waals surface area contributed by atoms with Gasteiger partial charge in [0.1, 0.15) is 17.3 Å². The Hall–Kier alpha value is -4.30. The summed E-state index contributed by atoms with van der Waals surface area (Å²) in [6, 6.07) is 39.1. The highest BCUT2D eigenvalue weighted by atomic mass is 16.4. The highest BCUT2D eigenvalue weighted by Gasteiger charge is 2.25. The smallest absolute Gasteiger partial charge is 0.147 e. The first-order valence-corrected chi connectivity index (χ1v) is 10.7. The minimum Gasteiger partial charge on any atom is -0.463 e. The second-order valence-corrected chi connectivity index (χ2v) is 7.76. The predicted molar refractivity (Wildman–Crippen MR) is 130 cm³/mol. The fraction of sp³-hybridized carbons (Fsp3) is 0. The lowest BCUT2D eigenvalue weighted by atomic mass is 9.96.